The molecule has 98 valence electrons. The Bertz CT molecular complexity index is 464. The van der Waals surface area contributed by atoms with Crippen molar-refractivity contribution in [3.63, 3.8) is 0 Å². The lowest BCUT2D eigenvalue weighted by Crippen LogP contribution is -2.31. The Morgan fingerprint density at radius 3 is 2.78 bits per heavy atom. The maximum absolute atomic E-state index is 11.9. The van der Waals surface area contributed by atoms with Gasteiger partial charge in [-0.05, 0) is 30.7 Å². The number of hydrogen-bond acceptors (Lipinski definition) is 4. The van der Waals surface area contributed by atoms with E-state index in [1.54, 1.807) is 0 Å². The predicted octanol–water partition coefficient (Wildman–Crippen LogP) is 1.68. The van der Waals surface area contributed by atoms with Crippen molar-refractivity contribution in [3.8, 4) is 0 Å². The van der Waals surface area contributed by atoms with E-state index in [2.05, 4.69) is 15.5 Å². The number of aromatic nitrogens is 2. The van der Waals surface area contributed by atoms with Gasteiger partial charge in [-0.15, -0.1) is 10.2 Å². The Balaban J connectivity index is 1.98. The highest BCUT2D eigenvalue weighted by atomic mass is 35.5. The molecule has 1 aromatic rings. The fraction of sp³-hybridized carbons (Fsp3) is 0.545. The molecule has 1 fully saturated rings. The van der Waals surface area contributed by atoms with Gasteiger partial charge in [-0.2, -0.15) is 0 Å². The van der Waals surface area contributed by atoms with E-state index in [0.29, 0.717) is 13.0 Å². The highest BCUT2D eigenvalue weighted by Gasteiger charge is 2.42. The number of amides is 1. The Labute approximate surface area is 115 Å². The predicted molar refractivity (Wildman–Crippen MR) is 67.8 cm³/mol. The van der Waals surface area contributed by atoms with Crippen LogP contribution in [0.2, 0.25) is 10.3 Å². The van der Waals surface area contributed by atoms with Crippen molar-refractivity contribution < 1.29 is 9.90 Å². The molecule has 2 N–H and O–H groups in total. The van der Waals surface area contributed by atoms with Crippen LogP contribution in [0.1, 0.15) is 29.6 Å². The topological polar surface area (TPSA) is 75.1 Å². The van der Waals surface area contributed by atoms with Crippen LogP contribution in [-0.4, -0.2) is 34.4 Å². The molecule has 18 heavy (non-hydrogen) atoms. The van der Waals surface area contributed by atoms with Gasteiger partial charge in [-0.1, -0.05) is 23.2 Å². The minimum absolute atomic E-state index is 0.0314. The average molecular weight is 290 g/mol. The monoisotopic (exact) mass is 289 g/mol. The van der Waals surface area contributed by atoms with Gasteiger partial charge in [-0.3, -0.25) is 4.79 Å². The Morgan fingerprint density at radius 2 is 2.17 bits per heavy atom. The summed E-state index contributed by atoms with van der Waals surface area (Å²) >= 11 is 11.5. The van der Waals surface area contributed by atoms with Crippen LogP contribution >= 0.6 is 23.2 Å². The summed E-state index contributed by atoms with van der Waals surface area (Å²) in [6.45, 7) is 0.669. The van der Waals surface area contributed by atoms with Crippen LogP contribution in [0.15, 0.2) is 6.07 Å². The van der Waals surface area contributed by atoms with Gasteiger partial charge in [0, 0.05) is 13.2 Å². The molecular formula is C11H13Cl2N3O2. The number of aliphatic hydroxyl groups excluding tert-OH is 1. The zero-order valence-corrected chi connectivity index (χ0v) is 11.1. The molecule has 1 aliphatic rings. The second-order valence-electron chi connectivity index (χ2n) is 4.53. The summed E-state index contributed by atoms with van der Waals surface area (Å²) in [5.74, 6) is -0.319. The van der Waals surface area contributed by atoms with Crippen molar-refractivity contribution in [2.45, 2.75) is 19.3 Å². The molecule has 1 aromatic heterocycles. The van der Waals surface area contributed by atoms with E-state index in [1.165, 1.54) is 6.07 Å². The standard InChI is InChI=1S/C11H13Cl2N3O2/c12-8-5-7(9(13)16-15-8)10(18)14-6-11(1-2-11)3-4-17/h5,17H,1-4,6H2,(H,14,18). The lowest BCUT2D eigenvalue weighted by atomic mass is 10.0. The van der Waals surface area contributed by atoms with Gasteiger partial charge < -0.3 is 10.4 Å². The highest BCUT2D eigenvalue weighted by Crippen LogP contribution is 2.47. The van der Waals surface area contributed by atoms with Gasteiger partial charge >= 0.3 is 0 Å². The Kier molecular flexibility index (Phi) is 4.04. The van der Waals surface area contributed by atoms with Crippen molar-refractivity contribution in [2.75, 3.05) is 13.2 Å². The quantitative estimate of drug-likeness (QED) is 0.865. The van der Waals surface area contributed by atoms with Gasteiger partial charge in [0.2, 0.25) is 0 Å². The van der Waals surface area contributed by atoms with Crippen molar-refractivity contribution in [1.29, 1.82) is 0 Å². The molecule has 0 aliphatic heterocycles. The molecule has 5 nitrogen and oxygen atoms in total. The van der Waals surface area contributed by atoms with Crippen LogP contribution < -0.4 is 5.32 Å². The number of rotatable bonds is 5. The Hall–Kier alpha value is -0.910. The molecular weight excluding hydrogens is 277 g/mol. The number of aliphatic hydroxyl groups is 1. The normalized spacial score (nSPS) is 16.4. The van der Waals surface area contributed by atoms with Gasteiger partial charge in [0.25, 0.3) is 5.91 Å². The van der Waals surface area contributed by atoms with E-state index >= 15 is 0 Å². The molecule has 1 aliphatic carbocycles. The largest absolute Gasteiger partial charge is 0.396 e. The van der Waals surface area contributed by atoms with E-state index in [-0.39, 0.29) is 33.8 Å². The van der Waals surface area contributed by atoms with Crippen LogP contribution in [0.25, 0.3) is 0 Å². The molecule has 7 heteroatoms. The number of nitrogens with zero attached hydrogens (tertiary/aromatic N) is 2. The van der Waals surface area contributed by atoms with Gasteiger partial charge in [0.15, 0.2) is 10.3 Å². The van der Waals surface area contributed by atoms with Gasteiger partial charge in [0.05, 0.1) is 5.56 Å². The number of nitrogens with one attached hydrogen (secondary N) is 1. The smallest absolute Gasteiger partial charge is 0.254 e. The first kappa shape index (κ1) is 13.5. The maximum atomic E-state index is 11.9. The molecule has 0 aromatic carbocycles. The first-order valence-corrected chi connectivity index (χ1v) is 6.40. The lowest BCUT2D eigenvalue weighted by Gasteiger charge is -2.14. The zero-order chi connectivity index (χ0) is 13.2. The number of hydrogen-bond donors (Lipinski definition) is 2. The minimum Gasteiger partial charge on any atom is -0.396 e. The van der Waals surface area contributed by atoms with Crippen molar-refractivity contribution in [1.82, 2.24) is 15.5 Å². The molecule has 1 heterocycles. The fourth-order valence-electron chi connectivity index (χ4n) is 1.80. The van der Waals surface area contributed by atoms with Crippen LogP contribution in [0.3, 0.4) is 0 Å². The number of halogens is 2. The summed E-state index contributed by atoms with van der Waals surface area (Å²) in [5.41, 5.74) is 0.276. The summed E-state index contributed by atoms with van der Waals surface area (Å²) in [6.07, 6.45) is 2.75. The third-order valence-corrected chi connectivity index (χ3v) is 3.65. The van der Waals surface area contributed by atoms with E-state index in [0.717, 1.165) is 12.8 Å². The highest BCUT2D eigenvalue weighted by molar-refractivity contribution is 6.34. The summed E-state index contributed by atoms with van der Waals surface area (Å²) < 4.78 is 0. The molecule has 0 spiro atoms. The molecule has 0 unspecified atom stereocenters. The molecule has 1 saturated carbocycles. The van der Waals surface area contributed by atoms with E-state index < -0.39 is 0 Å². The van der Waals surface area contributed by atoms with Crippen molar-refractivity contribution >= 4 is 29.1 Å². The zero-order valence-electron chi connectivity index (χ0n) is 9.62. The summed E-state index contributed by atoms with van der Waals surface area (Å²) in [6, 6.07) is 1.39. The van der Waals surface area contributed by atoms with Crippen LogP contribution in [-0.2, 0) is 0 Å². The summed E-state index contributed by atoms with van der Waals surface area (Å²) in [4.78, 5) is 11.9. The average Bonchev–Trinajstić information content (AvgIpc) is 3.10. The molecule has 0 saturated heterocycles. The SMILES string of the molecule is O=C(NCC1(CCO)CC1)c1cc(Cl)nnc1Cl. The third kappa shape index (κ3) is 3.10. The van der Waals surface area contributed by atoms with Crippen LogP contribution in [0.4, 0.5) is 0 Å². The maximum Gasteiger partial charge on any atom is 0.254 e. The van der Waals surface area contributed by atoms with Crippen molar-refractivity contribution in [3.05, 3.63) is 21.9 Å². The van der Waals surface area contributed by atoms with Gasteiger partial charge in [-0.25, -0.2) is 0 Å². The summed E-state index contributed by atoms with van der Waals surface area (Å²) in [5, 5.41) is 19.0. The van der Waals surface area contributed by atoms with Crippen LogP contribution in [0, 0.1) is 5.41 Å². The number of carbonyl (C=O) groups excluding carboxylic acids is 1. The number of carbonyl (C=O) groups is 1. The molecule has 2 rings (SSSR count). The van der Waals surface area contributed by atoms with Crippen LogP contribution in [0.5, 0.6) is 0 Å². The van der Waals surface area contributed by atoms with E-state index in [1.807, 2.05) is 0 Å². The first-order valence-electron chi connectivity index (χ1n) is 5.64. The van der Waals surface area contributed by atoms with Crippen molar-refractivity contribution in [2.24, 2.45) is 5.41 Å². The van der Waals surface area contributed by atoms with E-state index in [9.17, 15) is 4.79 Å². The lowest BCUT2D eigenvalue weighted by molar-refractivity contribution is 0.0940. The molecule has 0 radical (unpaired) electrons. The van der Waals surface area contributed by atoms with Gasteiger partial charge in [0.1, 0.15) is 0 Å². The fourth-order valence-corrected chi connectivity index (χ4v) is 2.13. The summed E-state index contributed by atoms with van der Waals surface area (Å²) in [7, 11) is 0. The molecule has 0 bridgehead atoms. The molecule has 0 atom stereocenters. The first-order chi connectivity index (χ1) is 8.56. The second-order valence-corrected chi connectivity index (χ2v) is 5.27. The second kappa shape index (κ2) is 5.38. The minimum atomic E-state index is -0.319. The third-order valence-electron chi connectivity index (χ3n) is 3.19. The molecule has 1 amide bonds. The Morgan fingerprint density at radius 1 is 1.44 bits per heavy atom. The van der Waals surface area contributed by atoms with E-state index in [4.69, 9.17) is 28.3 Å².